The molecule has 27 heavy (non-hydrogen) atoms. The molecule has 0 aliphatic heterocycles. The standard InChI is InChI=1S/C22H24N2O2S/c1-5-6-19-20(18-12-7-14(2)13-15(18)3)24-22(27-19)23-17-10-8-16(9-11-17)21(25)26-4/h7-13H,5-6H2,1-4H3,(H,23,24). The van der Waals surface area contributed by atoms with Gasteiger partial charge in [-0.15, -0.1) is 11.3 Å². The van der Waals surface area contributed by atoms with E-state index >= 15 is 0 Å². The number of hydrogen-bond donors (Lipinski definition) is 1. The van der Waals surface area contributed by atoms with Crippen LogP contribution in [0.2, 0.25) is 0 Å². The minimum absolute atomic E-state index is 0.335. The third kappa shape index (κ3) is 4.37. The highest BCUT2D eigenvalue weighted by Crippen LogP contribution is 2.35. The third-order valence-electron chi connectivity index (χ3n) is 4.37. The number of benzene rings is 2. The van der Waals surface area contributed by atoms with Crippen LogP contribution in [0.5, 0.6) is 0 Å². The molecule has 0 atom stereocenters. The molecule has 1 aromatic heterocycles. The van der Waals surface area contributed by atoms with Crippen molar-refractivity contribution < 1.29 is 9.53 Å². The number of anilines is 2. The van der Waals surface area contributed by atoms with Gasteiger partial charge >= 0.3 is 5.97 Å². The Morgan fingerprint density at radius 1 is 1.15 bits per heavy atom. The average Bonchev–Trinajstić information content (AvgIpc) is 3.04. The van der Waals surface area contributed by atoms with Crippen LogP contribution in [0.15, 0.2) is 42.5 Å². The van der Waals surface area contributed by atoms with Crippen molar-refractivity contribution in [3.63, 3.8) is 0 Å². The molecule has 0 bridgehead atoms. The number of methoxy groups -OCH3 is 1. The minimum atomic E-state index is -0.335. The average molecular weight is 381 g/mol. The van der Waals surface area contributed by atoms with Gasteiger partial charge in [-0.3, -0.25) is 0 Å². The summed E-state index contributed by atoms with van der Waals surface area (Å²) in [6.45, 7) is 6.43. The Labute approximate surface area is 164 Å². The van der Waals surface area contributed by atoms with Crippen LogP contribution in [0.3, 0.4) is 0 Å². The summed E-state index contributed by atoms with van der Waals surface area (Å²) in [5.74, 6) is -0.335. The minimum Gasteiger partial charge on any atom is -0.465 e. The lowest BCUT2D eigenvalue weighted by Crippen LogP contribution is -2.00. The number of carbonyl (C=O) groups excluding carboxylic acids is 1. The molecule has 0 saturated carbocycles. The molecule has 4 nitrogen and oxygen atoms in total. The molecule has 0 amide bonds. The van der Waals surface area contributed by atoms with E-state index in [1.165, 1.54) is 28.7 Å². The van der Waals surface area contributed by atoms with Crippen molar-refractivity contribution in [3.8, 4) is 11.3 Å². The number of ether oxygens (including phenoxy) is 1. The Bertz CT molecular complexity index is 945. The molecule has 140 valence electrons. The normalized spacial score (nSPS) is 10.7. The van der Waals surface area contributed by atoms with Gasteiger partial charge in [-0.1, -0.05) is 37.1 Å². The lowest BCUT2D eigenvalue weighted by atomic mass is 10.0. The molecule has 1 heterocycles. The summed E-state index contributed by atoms with van der Waals surface area (Å²) in [5.41, 5.74) is 6.18. The van der Waals surface area contributed by atoms with Crippen molar-refractivity contribution in [1.82, 2.24) is 4.98 Å². The van der Waals surface area contributed by atoms with Gasteiger partial charge in [-0.05, 0) is 50.1 Å². The van der Waals surface area contributed by atoms with E-state index in [1.54, 1.807) is 23.5 Å². The fraction of sp³-hybridized carbons (Fsp3) is 0.273. The molecule has 2 aromatic carbocycles. The van der Waals surface area contributed by atoms with E-state index in [2.05, 4.69) is 44.3 Å². The lowest BCUT2D eigenvalue weighted by molar-refractivity contribution is 0.0601. The summed E-state index contributed by atoms with van der Waals surface area (Å²) in [4.78, 5) is 17.7. The van der Waals surface area contributed by atoms with Crippen molar-refractivity contribution in [3.05, 3.63) is 64.0 Å². The van der Waals surface area contributed by atoms with E-state index in [4.69, 9.17) is 9.72 Å². The second-order valence-electron chi connectivity index (χ2n) is 6.55. The Kier molecular flexibility index (Phi) is 5.91. The molecular formula is C22H24N2O2S. The first-order chi connectivity index (χ1) is 13.0. The van der Waals surface area contributed by atoms with Crippen LogP contribution < -0.4 is 5.32 Å². The Morgan fingerprint density at radius 3 is 2.52 bits per heavy atom. The number of nitrogens with one attached hydrogen (secondary N) is 1. The molecule has 0 radical (unpaired) electrons. The largest absolute Gasteiger partial charge is 0.465 e. The van der Waals surface area contributed by atoms with Crippen LogP contribution in [-0.2, 0) is 11.2 Å². The van der Waals surface area contributed by atoms with Crippen LogP contribution in [-0.4, -0.2) is 18.1 Å². The Balaban J connectivity index is 1.89. The number of carbonyl (C=O) groups is 1. The Morgan fingerprint density at radius 2 is 1.89 bits per heavy atom. The maximum Gasteiger partial charge on any atom is 0.337 e. The third-order valence-corrected chi connectivity index (χ3v) is 5.40. The fourth-order valence-electron chi connectivity index (χ4n) is 3.02. The lowest BCUT2D eigenvalue weighted by Gasteiger charge is -2.06. The van der Waals surface area contributed by atoms with Crippen LogP contribution in [0.4, 0.5) is 10.8 Å². The number of nitrogens with zero attached hydrogens (tertiary/aromatic N) is 1. The molecule has 3 rings (SSSR count). The first-order valence-corrected chi connectivity index (χ1v) is 9.86. The number of aryl methyl sites for hydroxylation is 3. The zero-order chi connectivity index (χ0) is 19.4. The molecule has 0 fully saturated rings. The number of rotatable bonds is 6. The molecule has 0 unspecified atom stereocenters. The van der Waals surface area contributed by atoms with Crippen molar-refractivity contribution in [2.45, 2.75) is 33.6 Å². The van der Waals surface area contributed by atoms with Crippen LogP contribution in [0.1, 0.15) is 39.7 Å². The van der Waals surface area contributed by atoms with Gasteiger partial charge in [-0.2, -0.15) is 0 Å². The molecule has 0 aliphatic carbocycles. The van der Waals surface area contributed by atoms with Gasteiger partial charge in [0.15, 0.2) is 5.13 Å². The highest BCUT2D eigenvalue weighted by molar-refractivity contribution is 7.16. The highest BCUT2D eigenvalue weighted by Gasteiger charge is 2.15. The second kappa shape index (κ2) is 8.35. The molecule has 0 saturated heterocycles. The topological polar surface area (TPSA) is 51.2 Å². The summed E-state index contributed by atoms with van der Waals surface area (Å²) in [5, 5.41) is 4.22. The molecule has 1 N–H and O–H groups in total. The first kappa shape index (κ1) is 19.1. The van der Waals surface area contributed by atoms with E-state index in [1.807, 2.05) is 12.1 Å². The fourth-order valence-corrected chi connectivity index (χ4v) is 4.12. The summed E-state index contributed by atoms with van der Waals surface area (Å²) in [6, 6.07) is 13.7. The summed E-state index contributed by atoms with van der Waals surface area (Å²) in [6.07, 6.45) is 2.08. The molecule has 5 heteroatoms. The summed E-state index contributed by atoms with van der Waals surface area (Å²) in [7, 11) is 1.38. The number of esters is 1. The zero-order valence-electron chi connectivity index (χ0n) is 16.1. The predicted octanol–water partition coefficient (Wildman–Crippen LogP) is 5.91. The molecule has 0 aliphatic rings. The summed E-state index contributed by atoms with van der Waals surface area (Å²) >= 11 is 1.69. The molecular weight excluding hydrogens is 356 g/mol. The quantitative estimate of drug-likeness (QED) is 0.540. The van der Waals surface area contributed by atoms with Gasteiger partial charge in [0.1, 0.15) is 0 Å². The van der Waals surface area contributed by atoms with Crippen molar-refractivity contribution in [2.75, 3.05) is 12.4 Å². The number of hydrogen-bond acceptors (Lipinski definition) is 5. The maximum absolute atomic E-state index is 11.6. The van der Waals surface area contributed by atoms with Crippen molar-refractivity contribution >= 4 is 28.1 Å². The van der Waals surface area contributed by atoms with Gasteiger partial charge in [0.2, 0.25) is 0 Å². The number of thiazole rings is 1. The first-order valence-electron chi connectivity index (χ1n) is 9.04. The Hall–Kier alpha value is -2.66. The van der Waals surface area contributed by atoms with Crippen molar-refractivity contribution in [1.29, 1.82) is 0 Å². The van der Waals surface area contributed by atoms with Gasteiger partial charge in [0, 0.05) is 16.1 Å². The summed E-state index contributed by atoms with van der Waals surface area (Å²) < 4.78 is 4.74. The number of aromatic nitrogens is 1. The zero-order valence-corrected chi connectivity index (χ0v) is 16.9. The van der Waals surface area contributed by atoms with E-state index in [-0.39, 0.29) is 5.97 Å². The maximum atomic E-state index is 11.6. The van der Waals surface area contributed by atoms with Gasteiger partial charge in [0.25, 0.3) is 0 Å². The van der Waals surface area contributed by atoms with Gasteiger partial charge < -0.3 is 10.1 Å². The van der Waals surface area contributed by atoms with E-state index in [0.717, 1.165) is 29.4 Å². The molecule has 3 aromatic rings. The highest BCUT2D eigenvalue weighted by atomic mass is 32.1. The van der Waals surface area contributed by atoms with E-state index in [0.29, 0.717) is 5.56 Å². The monoisotopic (exact) mass is 380 g/mol. The smallest absolute Gasteiger partial charge is 0.337 e. The SMILES string of the molecule is CCCc1sc(Nc2ccc(C(=O)OC)cc2)nc1-c1ccc(C)cc1C. The van der Waals surface area contributed by atoms with Crippen LogP contribution in [0, 0.1) is 13.8 Å². The molecule has 0 spiro atoms. The predicted molar refractivity (Wildman–Crippen MR) is 112 cm³/mol. The van der Waals surface area contributed by atoms with E-state index < -0.39 is 0 Å². The second-order valence-corrected chi connectivity index (χ2v) is 7.64. The van der Waals surface area contributed by atoms with Gasteiger partial charge in [-0.25, -0.2) is 9.78 Å². The van der Waals surface area contributed by atoms with E-state index in [9.17, 15) is 4.79 Å². The van der Waals surface area contributed by atoms with Crippen LogP contribution in [0.25, 0.3) is 11.3 Å². The van der Waals surface area contributed by atoms with Gasteiger partial charge in [0.05, 0.1) is 18.4 Å². The van der Waals surface area contributed by atoms with Crippen LogP contribution >= 0.6 is 11.3 Å². The van der Waals surface area contributed by atoms with Crippen molar-refractivity contribution in [2.24, 2.45) is 0 Å².